The summed E-state index contributed by atoms with van der Waals surface area (Å²) in [6.07, 6.45) is 0. The van der Waals surface area contributed by atoms with Gasteiger partial charge in [0.05, 0.1) is 5.10 Å². The van der Waals surface area contributed by atoms with Crippen LogP contribution in [0.25, 0.3) is 0 Å². The lowest BCUT2D eigenvalue weighted by Crippen LogP contribution is -1.84. The molecule has 5 nitrogen and oxygen atoms in total. The van der Waals surface area contributed by atoms with E-state index >= 15 is 0 Å². The van der Waals surface area contributed by atoms with Gasteiger partial charge in [-0.2, -0.15) is 0 Å². The minimum Gasteiger partial charge on any atom is -0.357 e. The van der Waals surface area contributed by atoms with Gasteiger partial charge >= 0.3 is 5.13 Å². The minimum absolute atomic E-state index is 0.153. The summed E-state index contributed by atoms with van der Waals surface area (Å²) in [5, 5.41) is 16.5. The summed E-state index contributed by atoms with van der Waals surface area (Å²) in [5.74, 6) is 0. The Hall–Kier alpha value is -0.310. The number of hydrogen-bond acceptors (Lipinski definition) is 5. The van der Waals surface area contributed by atoms with Gasteiger partial charge in [0.1, 0.15) is 0 Å². The molecule has 0 unspecified atom stereocenters. The first-order valence-corrected chi connectivity index (χ1v) is 3.73. The molecule has 0 radical (unpaired) electrons. The van der Waals surface area contributed by atoms with Gasteiger partial charge in [0.25, 0.3) is 0 Å². The first kappa shape index (κ1) is 6.81. The summed E-state index contributed by atoms with van der Waals surface area (Å²) in [6, 6.07) is 0. The Bertz CT molecular complexity index is 235. The number of nitro groups is 1. The van der Waals surface area contributed by atoms with E-state index in [1.807, 2.05) is 22.6 Å². The van der Waals surface area contributed by atoms with Gasteiger partial charge in [0.15, 0.2) is 0 Å². The van der Waals surface area contributed by atoms with Crippen molar-refractivity contribution in [1.82, 2.24) is 10.2 Å². The van der Waals surface area contributed by atoms with Gasteiger partial charge in [-0.15, -0.1) is 0 Å². The third-order valence-corrected chi connectivity index (χ3v) is 2.09. The lowest BCUT2D eigenvalue weighted by molar-refractivity contribution is -0.385. The van der Waals surface area contributed by atoms with Crippen molar-refractivity contribution in [3.8, 4) is 0 Å². The molecule has 0 fully saturated rings. The van der Waals surface area contributed by atoms with Crippen LogP contribution in [0.3, 0.4) is 0 Å². The molecule has 0 amide bonds. The highest BCUT2D eigenvalue weighted by atomic mass is 127. The normalized spacial score (nSPS) is 9.44. The van der Waals surface area contributed by atoms with Gasteiger partial charge in [-0.1, -0.05) is 0 Å². The molecule has 0 aliphatic heterocycles. The van der Waals surface area contributed by atoms with Crippen molar-refractivity contribution in [1.29, 1.82) is 0 Å². The Morgan fingerprint density at radius 1 is 1.67 bits per heavy atom. The highest BCUT2D eigenvalue weighted by Crippen LogP contribution is 2.17. The second-order valence-electron chi connectivity index (χ2n) is 1.09. The van der Waals surface area contributed by atoms with Crippen molar-refractivity contribution in [2.45, 2.75) is 0 Å². The van der Waals surface area contributed by atoms with Crippen molar-refractivity contribution >= 4 is 39.1 Å². The molecular weight excluding hydrogens is 257 g/mol. The molecule has 1 aromatic heterocycles. The second kappa shape index (κ2) is 2.52. The monoisotopic (exact) mass is 257 g/mol. The molecule has 48 valence electrons. The van der Waals surface area contributed by atoms with Crippen LogP contribution in [-0.2, 0) is 0 Å². The van der Waals surface area contributed by atoms with E-state index in [1.165, 1.54) is 0 Å². The van der Waals surface area contributed by atoms with E-state index in [1.54, 1.807) is 0 Å². The van der Waals surface area contributed by atoms with Crippen LogP contribution in [0.15, 0.2) is 0 Å². The molecule has 0 aromatic carbocycles. The Kier molecular flexibility index (Phi) is 1.90. The Morgan fingerprint density at radius 3 is 2.56 bits per heavy atom. The summed E-state index contributed by atoms with van der Waals surface area (Å²) in [6.45, 7) is 0. The molecule has 0 aliphatic rings. The van der Waals surface area contributed by atoms with E-state index in [9.17, 15) is 10.1 Å². The van der Waals surface area contributed by atoms with Crippen LogP contribution in [-0.4, -0.2) is 15.1 Å². The van der Waals surface area contributed by atoms with Crippen molar-refractivity contribution in [3.05, 3.63) is 13.1 Å². The first-order chi connectivity index (χ1) is 4.20. The Labute approximate surface area is 67.4 Å². The third-order valence-electron chi connectivity index (χ3n) is 0.546. The van der Waals surface area contributed by atoms with E-state index < -0.39 is 4.92 Å². The molecule has 7 heteroatoms. The predicted octanol–water partition coefficient (Wildman–Crippen LogP) is 1.05. The summed E-state index contributed by atoms with van der Waals surface area (Å²) in [5.41, 5.74) is 0. The highest BCUT2D eigenvalue weighted by molar-refractivity contribution is 14.1. The van der Waals surface area contributed by atoms with Gasteiger partial charge in [-0.3, -0.25) is 0 Å². The molecule has 1 aromatic rings. The molecular formula is C2IN3O2S. The van der Waals surface area contributed by atoms with Crippen LogP contribution in [0.4, 0.5) is 5.13 Å². The van der Waals surface area contributed by atoms with Gasteiger partial charge < -0.3 is 10.1 Å². The maximum Gasteiger partial charge on any atom is 0.451 e. The zero-order chi connectivity index (χ0) is 6.85. The molecule has 0 N–H and O–H groups in total. The highest BCUT2D eigenvalue weighted by Gasteiger charge is 2.11. The van der Waals surface area contributed by atoms with E-state index in [0.717, 1.165) is 11.3 Å². The van der Waals surface area contributed by atoms with Gasteiger partial charge in [-0.25, -0.2) is 0 Å². The lowest BCUT2D eigenvalue weighted by atomic mass is 11.3. The van der Waals surface area contributed by atoms with Crippen LogP contribution >= 0.6 is 33.9 Å². The average Bonchev–Trinajstić information content (AvgIpc) is 2.14. The third kappa shape index (κ3) is 1.55. The maximum atomic E-state index is 9.92. The quantitative estimate of drug-likeness (QED) is 0.428. The Balaban J connectivity index is 2.98. The minimum atomic E-state index is -0.556. The molecule has 0 atom stereocenters. The number of aromatic nitrogens is 2. The van der Waals surface area contributed by atoms with Crippen LogP contribution in [0.5, 0.6) is 0 Å². The van der Waals surface area contributed by atoms with E-state index in [4.69, 9.17) is 0 Å². The van der Waals surface area contributed by atoms with Gasteiger partial charge in [0, 0.05) is 0 Å². The molecule has 9 heavy (non-hydrogen) atoms. The van der Waals surface area contributed by atoms with Crippen molar-refractivity contribution in [2.75, 3.05) is 0 Å². The zero-order valence-corrected chi connectivity index (χ0v) is 6.92. The van der Waals surface area contributed by atoms with Crippen molar-refractivity contribution in [2.24, 2.45) is 0 Å². The SMILES string of the molecule is O=[N+]([O-])c1nnc(I)s1. The average molecular weight is 257 g/mol. The standard InChI is InChI=1S/C2IN3O2S/c3-1-4-5-2(9-1)6(7)8. The number of halogens is 1. The van der Waals surface area contributed by atoms with Crippen LogP contribution < -0.4 is 0 Å². The van der Waals surface area contributed by atoms with E-state index in [2.05, 4.69) is 10.2 Å². The summed E-state index contributed by atoms with van der Waals surface area (Å²) in [4.78, 5) is 9.37. The van der Waals surface area contributed by atoms with Gasteiger partial charge in [-0.05, 0) is 43.9 Å². The lowest BCUT2D eigenvalue weighted by Gasteiger charge is -1.79. The molecule has 0 saturated carbocycles. The fourth-order valence-corrected chi connectivity index (χ4v) is 1.36. The van der Waals surface area contributed by atoms with E-state index in [-0.39, 0.29) is 5.13 Å². The smallest absolute Gasteiger partial charge is 0.357 e. The first-order valence-electron chi connectivity index (χ1n) is 1.83. The van der Waals surface area contributed by atoms with Gasteiger partial charge in [0.2, 0.25) is 3.01 Å². The molecule has 0 saturated heterocycles. The van der Waals surface area contributed by atoms with Crippen LogP contribution in [0.2, 0.25) is 0 Å². The number of hydrogen-bond donors (Lipinski definition) is 0. The van der Waals surface area contributed by atoms with Crippen LogP contribution in [0.1, 0.15) is 0 Å². The van der Waals surface area contributed by atoms with Crippen molar-refractivity contribution < 1.29 is 4.92 Å². The molecule has 0 aliphatic carbocycles. The maximum absolute atomic E-state index is 9.92. The summed E-state index contributed by atoms with van der Waals surface area (Å²) < 4.78 is 0.583. The summed E-state index contributed by atoms with van der Waals surface area (Å²) >= 11 is 2.84. The number of rotatable bonds is 1. The molecule has 1 rings (SSSR count). The predicted molar refractivity (Wildman–Crippen MR) is 39.3 cm³/mol. The largest absolute Gasteiger partial charge is 0.451 e. The molecule has 1 heterocycles. The molecule has 0 spiro atoms. The van der Waals surface area contributed by atoms with Crippen molar-refractivity contribution in [3.63, 3.8) is 0 Å². The second-order valence-corrected chi connectivity index (χ2v) is 3.80. The van der Waals surface area contributed by atoms with Crippen LogP contribution in [0, 0.1) is 13.1 Å². The topological polar surface area (TPSA) is 68.9 Å². The summed E-state index contributed by atoms with van der Waals surface area (Å²) in [7, 11) is 0. The molecule has 0 bridgehead atoms. The number of nitrogens with zero attached hydrogens (tertiary/aromatic N) is 3. The van der Waals surface area contributed by atoms with E-state index in [0.29, 0.717) is 3.01 Å². The zero-order valence-electron chi connectivity index (χ0n) is 3.94. The Morgan fingerprint density at radius 2 is 2.33 bits per heavy atom. The fraction of sp³-hybridized carbons (Fsp3) is 0. The fourth-order valence-electron chi connectivity index (χ4n) is 0.272.